The number of hydrogen-bond acceptors (Lipinski definition) is 3. The normalized spacial score (nSPS) is 17.1. The number of rotatable bonds is 9. The van der Waals surface area contributed by atoms with Crippen molar-refractivity contribution in [1.82, 2.24) is 0 Å². The van der Waals surface area contributed by atoms with Crippen LogP contribution in [-0.4, -0.2) is 23.9 Å². The van der Waals surface area contributed by atoms with Crippen LogP contribution in [0.3, 0.4) is 0 Å². The van der Waals surface area contributed by atoms with E-state index in [9.17, 15) is 5.11 Å². The molecule has 0 bridgehead atoms. The Bertz CT molecular complexity index is 167. The van der Waals surface area contributed by atoms with E-state index in [-0.39, 0.29) is 12.2 Å². The summed E-state index contributed by atoms with van der Waals surface area (Å²) in [5, 5.41) is 9.69. The first-order chi connectivity index (χ1) is 7.15. The van der Waals surface area contributed by atoms with Crippen LogP contribution in [0.25, 0.3) is 0 Å². The third-order valence-electron chi connectivity index (χ3n) is 2.42. The lowest BCUT2D eigenvalue weighted by Gasteiger charge is -2.23. The fraction of sp³-hybridized carbons (Fsp3) is 0.800. The maximum Gasteiger partial charge on any atom is 0.0663 e. The number of allylic oxidation sites excluding steroid dienone is 1. The van der Waals surface area contributed by atoms with Crippen molar-refractivity contribution >= 4 is 18.9 Å². The molecular formula is C10H22O3P2. The Balaban J connectivity index is 3.90. The summed E-state index contributed by atoms with van der Waals surface area (Å²) in [5.74, 6) is 0.367. The topological polar surface area (TPSA) is 38.7 Å². The van der Waals surface area contributed by atoms with Crippen LogP contribution in [0.4, 0.5) is 0 Å². The maximum atomic E-state index is 9.69. The average molecular weight is 252 g/mol. The van der Waals surface area contributed by atoms with Crippen LogP contribution in [-0.2, 0) is 9.05 Å². The smallest absolute Gasteiger partial charge is 0.0663 e. The van der Waals surface area contributed by atoms with Crippen molar-refractivity contribution in [1.29, 1.82) is 0 Å². The van der Waals surface area contributed by atoms with Gasteiger partial charge in [-0.15, -0.1) is 6.58 Å². The van der Waals surface area contributed by atoms with Crippen molar-refractivity contribution in [3.63, 3.8) is 0 Å². The van der Waals surface area contributed by atoms with E-state index < -0.39 is 0 Å². The van der Waals surface area contributed by atoms with Crippen molar-refractivity contribution in [2.24, 2.45) is 5.92 Å². The Morgan fingerprint density at radius 2 is 2.13 bits per heavy atom. The lowest BCUT2D eigenvalue weighted by atomic mass is 9.95. The molecule has 3 nitrogen and oxygen atoms in total. The lowest BCUT2D eigenvalue weighted by molar-refractivity contribution is 0.0659. The van der Waals surface area contributed by atoms with Crippen molar-refractivity contribution in [3.8, 4) is 0 Å². The maximum absolute atomic E-state index is 9.69. The second-order valence-corrected chi connectivity index (χ2v) is 4.33. The molecule has 5 atom stereocenters. The van der Waals surface area contributed by atoms with E-state index in [2.05, 4.69) is 32.4 Å². The molecule has 0 amide bonds. The molecule has 0 aliphatic carbocycles. The van der Waals surface area contributed by atoms with Crippen molar-refractivity contribution in [2.75, 3.05) is 6.61 Å². The Labute approximate surface area is 97.2 Å². The van der Waals surface area contributed by atoms with E-state index >= 15 is 0 Å². The van der Waals surface area contributed by atoms with E-state index in [4.69, 9.17) is 9.05 Å². The first-order valence-corrected chi connectivity index (χ1v) is 6.06. The molecule has 1 N–H and O–H groups in total. The fourth-order valence-electron chi connectivity index (χ4n) is 1.43. The van der Waals surface area contributed by atoms with Crippen LogP contribution in [0.1, 0.15) is 26.2 Å². The minimum absolute atomic E-state index is 0.0486. The predicted octanol–water partition coefficient (Wildman–Crippen LogP) is 2.32. The van der Waals surface area contributed by atoms with E-state index in [1.807, 2.05) is 6.08 Å². The predicted molar refractivity (Wildman–Crippen MR) is 69.5 cm³/mol. The lowest BCUT2D eigenvalue weighted by Crippen LogP contribution is -2.25. The molecule has 0 fully saturated rings. The first kappa shape index (κ1) is 15.5. The Kier molecular flexibility index (Phi) is 10.00. The highest BCUT2D eigenvalue weighted by atomic mass is 31.0. The molecule has 0 heterocycles. The van der Waals surface area contributed by atoms with Crippen LogP contribution in [0.5, 0.6) is 0 Å². The third kappa shape index (κ3) is 7.38. The number of aliphatic hydroxyl groups is 1. The second kappa shape index (κ2) is 9.69. The summed E-state index contributed by atoms with van der Waals surface area (Å²) < 4.78 is 10.1. The molecule has 0 aromatic heterocycles. The zero-order valence-electron chi connectivity index (χ0n) is 9.26. The van der Waals surface area contributed by atoms with Gasteiger partial charge in [0.1, 0.15) is 0 Å². The fourth-order valence-corrected chi connectivity index (χ4v) is 1.94. The molecule has 0 aromatic carbocycles. The molecule has 0 aliphatic heterocycles. The van der Waals surface area contributed by atoms with E-state index in [1.54, 1.807) is 0 Å². The van der Waals surface area contributed by atoms with Crippen LogP contribution in [0.2, 0.25) is 0 Å². The highest BCUT2D eigenvalue weighted by Gasteiger charge is 2.19. The molecule has 15 heavy (non-hydrogen) atoms. The molecule has 0 saturated heterocycles. The van der Waals surface area contributed by atoms with Crippen molar-refractivity contribution in [3.05, 3.63) is 12.7 Å². The van der Waals surface area contributed by atoms with Gasteiger partial charge in [-0.05, 0) is 18.8 Å². The van der Waals surface area contributed by atoms with Gasteiger partial charge in [-0.1, -0.05) is 13.0 Å². The van der Waals surface area contributed by atoms with Gasteiger partial charge >= 0.3 is 0 Å². The molecule has 0 saturated carbocycles. The minimum Gasteiger partial charge on any atom is -0.393 e. The zero-order valence-corrected chi connectivity index (χ0v) is 11.6. The van der Waals surface area contributed by atoms with Crippen molar-refractivity contribution in [2.45, 2.75) is 38.4 Å². The summed E-state index contributed by atoms with van der Waals surface area (Å²) >= 11 is 0. The minimum atomic E-state index is -0.372. The summed E-state index contributed by atoms with van der Waals surface area (Å²) in [6.45, 7) is 6.34. The molecule has 0 aromatic rings. The molecule has 0 spiro atoms. The van der Waals surface area contributed by atoms with Gasteiger partial charge in [0.25, 0.3) is 0 Å². The molecule has 0 radical (unpaired) electrons. The second-order valence-electron chi connectivity index (χ2n) is 3.73. The zero-order chi connectivity index (χ0) is 11.7. The van der Waals surface area contributed by atoms with Gasteiger partial charge in [0.05, 0.1) is 18.8 Å². The summed E-state index contributed by atoms with van der Waals surface area (Å²) in [5.41, 5.74) is 0. The monoisotopic (exact) mass is 252 g/mol. The summed E-state index contributed by atoms with van der Waals surface area (Å²) in [7, 11) is 4.45. The number of aliphatic hydroxyl groups excluding tert-OH is 1. The summed E-state index contributed by atoms with van der Waals surface area (Å²) in [6, 6.07) is 0. The van der Waals surface area contributed by atoms with E-state index in [0.717, 1.165) is 6.42 Å². The SMILES string of the molecule is C=CCC(C)C(CC(O)CCOP)OP. The first-order valence-electron chi connectivity index (χ1n) is 5.11. The Morgan fingerprint density at radius 3 is 2.60 bits per heavy atom. The highest BCUT2D eigenvalue weighted by molar-refractivity contribution is 7.10. The van der Waals surface area contributed by atoms with Crippen LogP contribution < -0.4 is 0 Å². The molecule has 0 aliphatic rings. The average Bonchev–Trinajstić information content (AvgIpc) is 2.23. The molecule has 90 valence electrons. The Hall–Kier alpha value is 0.480. The van der Waals surface area contributed by atoms with Gasteiger partial charge in [0.2, 0.25) is 0 Å². The summed E-state index contributed by atoms with van der Waals surface area (Å²) in [4.78, 5) is 0. The molecule has 5 heteroatoms. The molecule has 5 unspecified atom stereocenters. The van der Waals surface area contributed by atoms with Crippen molar-refractivity contribution < 1.29 is 14.2 Å². The highest BCUT2D eigenvalue weighted by Crippen LogP contribution is 2.20. The van der Waals surface area contributed by atoms with Crippen LogP contribution in [0.15, 0.2) is 12.7 Å². The van der Waals surface area contributed by atoms with E-state index in [1.165, 1.54) is 0 Å². The van der Waals surface area contributed by atoms with Gasteiger partial charge in [-0.2, -0.15) is 0 Å². The van der Waals surface area contributed by atoms with Crippen LogP contribution >= 0.6 is 18.9 Å². The standard InChI is InChI=1S/C10H22O3P2/c1-3-4-8(2)10(13-15)7-9(11)5-6-12-14/h3,8-11H,1,4-7,14-15H2,2H3. The van der Waals surface area contributed by atoms with Gasteiger partial charge in [0, 0.05) is 25.4 Å². The molecular weight excluding hydrogens is 230 g/mol. The van der Waals surface area contributed by atoms with E-state index in [0.29, 0.717) is 25.4 Å². The summed E-state index contributed by atoms with van der Waals surface area (Å²) in [6.07, 6.45) is 3.71. The quantitative estimate of drug-likeness (QED) is 0.505. The Morgan fingerprint density at radius 1 is 1.47 bits per heavy atom. The van der Waals surface area contributed by atoms with Gasteiger partial charge < -0.3 is 14.2 Å². The molecule has 0 rings (SSSR count). The number of hydrogen-bond donors (Lipinski definition) is 1. The van der Waals surface area contributed by atoms with Gasteiger partial charge in [0.15, 0.2) is 0 Å². The third-order valence-corrected chi connectivity index (χ3v) is 3.01. The van der Waals surface area contributed by atoms with Crippen LogP contribution in [0, 0.1) is 5.92 Å². The van der Waals surface area contributed by atoms with Gasteiger partial charge in [-0.3, -0.25) is 0 Å². The largest absolute Gasteiger partial charge is 0.393 e. The van der Waals surface area contributed by atoms with Gasteiger partial charge in [-0.25, -0.2) is 0 Å².